The summed E-state index contributed by atoms with van der Waals surface area (Å²) in [7, 11) is 1.75. The van der Waals surface area contributed by atoms with E-state index in [9.17, 15) is 19.2 Å². The average molecular weight is 701 g/mol. The van der Waals surface area contributed by atoms with Crippen molar-refractivity contribution in [3.05, 3.63) is 82.7 Å². The van der Waals surface area contributed by atoms with Crippen molar-refractivity contribution in [1.29, 1.82) is 5.26 Å². The molecule has 52 heavy (non-hydrogen) atoms. The van der Waals surface area contributed by atoms with Crippen LogP contribution in [0.15, 0.2) is 65.6 Å². The van der Waals surface area contributed by atoms with Gasteiger partial charge in [0.2, 0.25) is 11.8 Å². The van der Waals surface area contributed by atoms with Crippen LogP contribution in [0.2, 0.25) is 0 Å². The van der Waals surface area contributed by atoms with E-state index in [1.165, 1.54) is 0 Å². The van der Waals surface area contributed by atoms with E-state index in [1.54, 1.807) is 34.4 Å². The lowest BCUT2D eigenvalue weighted by molar-refractivity contribution is -0.135. The molecule has 1 saturated carbocycles. The summed E-state index contributed by atoms with van der Waals surface area (Å²) >= 11 is 0. The number of fused-ring (bicyclic) bond motifs is 2. The van der Waals surface area contributed by atoms with E-state index in [-0.39, 0.29) is 35.3 Å². The van der Waals surface area contributed by atoms with Gasteiger partial charge in [-0.25, -0.2) is 9.78 Å². The Morgan fingerprint density at radius 1 is 0.981 bits per heavy atom. The number of piperidine rings is 1. The summed E-state index contributed by atoms with van der Waals surface area (Å²) in [5.41, 5.74) is 4.19. The van der Waals surface area contributed by atoms with Crippen molar-refractivity contribution in [2.75, 3.05) is 42.9 Å². The number of carbonyl (C=O) groups excluding carboxylic acids is 3. The van der Waals surface area contributed by atoms with E-state index in [1.807, 2.05) is 36.4 Å². The Hall–Kier alpha value is -5.81. The number of piperazine rings is 1. The Labute approximate surface area is 299 Å². The number of para-hydroxylation sites is 1. The van der Waals surface area contributed by atoms with Crippen LogP contribution < -0.4 is 21.2 Å². The van der Waals surface area contributed by atoms with Crippen LogP contribution in [0.5, 0.6) is 0 Å². The molecule has 2 N–H and O–H groups in total. The maximum Gasteiger partial charge on any atom is 0.329 e. The standard InChI is InChI=1S/C38H40N10O4/c1-44-35-31(6-3-7-32(35)48(38(44)52)33-14-15-34(49)42-37(33)51)46-18-16-45(17-19-46)22-24-8-11-28(12-9-24)47-23-25-20-26(10-13-29(25)43-47)41-36(50)30-5-2-4-27(21-39)40-30/h2-7,10,13,20,23-24,28,33H,8-9,11-12,14-19,22H2,1H3,(H,41,50)(H,42,49,51). The lowest BCUT2D eigenvalue weighted by Gasteiger charge is -2.39. The van der Waals surface area contributed by atoms with Gasteiger partial charge in [0.25, 0.3) is 5.91 Å². The van der Waals surface area contributed by atoms with Gasteiger partial charge in [-0.05, 0) is 80.5 Å². The first kappa shape index (κ1) is 33.3. The Kier molecular flexibility index (Phi) is 8.80. The number of nitriles is 1. The molecule has 0 bridgehead atoms. The molecular weight excluding hydrogens is 660 g/mol. The molecule has 5 heterocycles. The Morgan fingerprint density at radius 3 is 2.54 bits per heavy atom. The average Bonchev–Trinajstić information content (AvgIpc) is 3.70. The molecule has 14 nitrogen and oxygen atoms in total. The van der Waals surface area contributed by atoms with Crippen LogP contribution in [-0.2, 0) is 16.6 Å². The minimum atomic E-state index is -0.699. The zero-order valence-corrected chi connectivity index (χ0v) is 29.0. The number of anilines is 2. The maximum atomic E-state index is 13.4. The Balaban J connectivity index is 0.861. The fraction of sp³-hybridized carbons (Fsp3) is 0.395. The lowest BCUT2D eigenvalue weighted by Crippen LogP contribution is -2.48. The second-order valence-corrected chi connectivity index (χ2v) is 14.1. The first-order chi connectivity index (χ1) is 25.2. The lowest BCUT2D eigenvalue weighted by atomic mass is 9.85. The molecule has 14 heteroatoms. The number of hydrogen-bond acceptors (Lipinski definition) is 9. The summed E-state index contributed by atoms with van der Waals surface area (Å²) in [6.45, 7) is 4.61. The van der Waals surface area contributed by atoms with Crippen LogP contribution in [0.25, 0.3) is 21.9 Å². The van der Waals surface area contributed by atoms with E-state index >= 15 is 0 Å². The smallest absolute Gasteiger partial charge is 0.329 e. The zero-order valence-electron chi connectivity index (χ0n) is 29.0. The van der Waals surface area contributed by atoms with Gasteiger partial charge in [0.15, 0.2) is 0 Å². The van der Waals surface area contributed by atoms with Crippen LogP contribution in [0, 0.1) is 17.2 Å². The molecule has 1 aliphatic carbocycles. The molecule has 1 unspecified atom stereocenters. The highest BCUT2D eigenvalue weighted by Crippen LogP contribution is 2.35. The van der Waals surface area contributed by atoms with Gasteiger partial charge in [-0.2, -0.15) is 10.4 Å². The molecule has 1 atom stereocenters. The van der Waals surface area contributed by atoms with Crippen molar-refractivity contribution in [3.8, 4) is 6.07 Å². The number of benzene rings is 2. The van der Waals surface area contributed by atoms with E-state index < -0.39 is 11.9 Å². The van der Waals surface area contributed by atoms with Crippen molar-refractivity contribution in [1.82, 2.24) is 34.1 Å². The van der Waals surface area contributed by atoms with Gasteiger partial charge in [-0.15, -0.1) is 0 Å². The number of imide groups is 1. The maximum absolute atomic E-state index is 13.4. The minimum Gasteiger partial charge on any atom is -0.367 e. The molecule has 3 aromatic heterocycles. The fourth-order valence-corrected chi connectivity index (χ4v) is 8.16. The SMILES string of the molecule is Cn1c(=O)n(C2CCC(=O)NC2=O)c2cccc(N3CCN(CC4CCC(n5cc6cc(NC(=O)c7cccc(C#N)n7)ccc6n5)CC4)CC3)c21. The monoisotopic (exact) mass is 700 g/mol. The number of aromatic nitrogens is 5. The topological polar surface area (TPSA) is 163 Å². The van der Waals surface area contributed by atoms with Crippen molar-refractivity contribution in [3.63, 3.8) is 0 Å². The van der Waals surface area contributed by atoms with E-state index in [4.69, 9.17) is 10.4 Å². The Morgan fingerprint density at radius 2 is 1.77 bits per heavy atom. The summed E-state index contributed by atoms with van der Waals surface area (Å²) in [6, 6.07) is 17.9. The van der Waals surface area contributed by atoms with Crippen molar-refractivity contribution >= 4 is 51.0 Å². The second kappa shape index (κ2) is 13.7. The van der Waals surface area contributed by atoms with Crippen molar-refractivity contribution in [2.24, 2.45) is 13.0 Å². The van der Waals surface area contributed by atoms with Gasteiger partial charge in [0, 0.05) is 63.5 Å². The number of amides is 3. The van der Waals surface area contributed by atoms with Crippen LogP contribution >= 0.6 is 0 Å². The molecular formula is C38H40N10O4. The molecule has 266 valence electrons. The van der Waals surface area contributed by atoms with Gasteiger partial charge < -0.3 is 10.2 Å². The summed E-state index contributed by atoms with van der Waals surface area (Å²) in [4.78, 5) is 59.5. The quantitative estimate of drug-likeness (QED) is 0.241. The number of hydrogen-bond donors (Lipinski definition) is 2. The van der Waals surface area contributed by atoms with Gasteiger partial charge in [0.05, 0.1) is 28.3 Å². The zero-order chi connectivity index (χ0) is 35.9. The first-order valence-electron chi connectivity index (χ1n) is 17.9. The largest absolute Gasteiger partial charge is 0.367 e. The molecule has 3 fully saturated rings. The predicted octanol–water partition coefficient (Wildman–Crippen LogP) is 3.74. The van der Waals surface area contributed by atoms with Crippen LogP contribution in [0.3, 0.4) is 0 Å². The van der Waals surface area contributed by atoms with Gasteiger partial charge in [-0.1, -0.05) is 12.1 Å². The molecule has 3 aliphatic rings. The summed E-state index contributed by atoms with van der Waals surface area (Å²) in [5.74, 6) is -0.468. The van der Waals surface area contributed by atoms with Gasteiger partial charge >= 0.3 is 5.69 Å². The predicted molar refractivity (Wildman–Crippen MR) is 195 cm³/mol. The fourth-order valence-electron chi connectivity index (χ4n) is 8.16. The van der Waals surface area contributed by atoms with E-state index in [0.717, 1.165) is 80.5 Å². The van der Waals surface area contributed by atoms with E-state index in [0.29, 0.717) is 29.6 Å². The summed E-state index contributed by atoms with van der Waals surface area (Å²) in [5, 5.41) is 20.2. The molecule has 5 aromatic rings. The third kappa shape index (κ3) is 6.32. The molecule has 3 amide bonds. The molecule has 2 aliphatic heterocycles. The normalized spacial score (nSPS) is 21.3. The van der Waals surface area contributed by atoms with Crippen molar-refractivity contribution in [2.45, 2.75) is 50.6 Å². The highest BCUT2D eigenvalue weighted by molar-refractivity contribution is 6.04. The second-order valence-electron chi connectivity index (χ2n) is 14.1. The van der Waals surface area contributed by atoms with Crippen molar-refractivity contribution < 1.29 is 14.4 Å². The number of carbonyl (C=O) groups is 3. The van der Waals surface area contributed by atoms with E-state index in [2.05, 4.69) is 42.4 Å². The number of aryl methyl sites for hydroxylation is 1. The molecule has 2 saturated heterocycles. The van der Waals surface area contributed by atoms with Crippen LogP contribution in [-0.4, -0.2) is 79.2 Å². The number of pyridine rings is 1. The molecule has 0 spiro atoms. The number of imidazole rings is 1. The summed E-state index contributed by atoms with van der Waals surface area (Å²) in [6.07, 6.45) is 6.98. The van der Waals surface area contributed by atoms with Gasteiger partial charge in [-0.3, -0.25) is 38.4 Å². The minimum absolute atomic E-state index is 0.193. The van der Waals surface area contributed by atoms with Gasteiger partial charge in [0.1, 0.15) is 23.5 Å². The van der Waals surface area contributed by atoms with Crippen LogP contribution in [0.4, 0.5) is 11.4 Å². The molecule has 2 aromatic carbocycles. The van der Waals surface area contributed by atoms with Crippen LogP contribution in [0.1, 0.15) is 66.8 Å². The Bertz CT molecular complexity index is 2300. The number of nitrogens with one attached hydrogen (secondary N) is 2. The highest BCUT2D eigenvalue weighted by Gasteiger charge is 2.33. The summed E-state index contributed by atoms with van der Waals surface area (Å²) < 4.78 is 5.27. The molecule has 0 radical (unpaired) electrons. The number of nitrogens with zero attached hydrogens (tertiary/aromatic N) is 8. The highest BCUT2D eigenvalue weighted by atomic mass is 16.2. The number of rotatable bonds is 7. The first-order valence-corrected chi connectivity index (χ1v) is 17.9. The third-order valence-electron chi connectivity index (χ3n) is 10.9. The molecule has 8 rings (SSSR count). The third-order valence-corrected chi connectivity index (χ3v) is 10.9.